The van der Waals surface area contributed by atoms with Crippen molar-refractivity contribution in [3.8, 4) is 0 Å². The molecule has 1 aromatic rings. The quantitative estimate of drug-likeness (QED) is 0.877. The Kier molecular flexibility index (Phi) is 4.94. The van der Waals surface area contributed by atoms with Crippen molar-refractivity contribution in [3.63, 3.8) is 0 Å². The fourth-order valence-electron chi connectivity index (χ4n) is 2.81. The fourth-order valence-corrected chi connectivity index (χ4v) is 2.81. The molecule has 2 nitrogen and oxygen atoms in total. The molecule has 1 atom stereocenters. The molecule has 1 unspecified atom stereocenters. The number of benzene rings is 1. The molecular formula is C16H24FNO. The van der Waals surface area contributed by atoms with Crippen LogP contribution < -0.4 is 5.32 Å². The van der Waals surface area contributed by atoms with Crippen LogP contribution in [0.4, 0.5) is 4.39 Å². The van der Waals surface area contributed by atoms with Gasteiger partial charge in [-0.05, 0) is 43.4 Å². The highest BCUT2D eigenvalue weighted by Gasteiger charge is 2.34. The Bertz CT molecular complexity index is 386. The molecule has 19 heavy (non-hydrogen) atoms. The van der Waals surface area contributed by atoms with E-state index in [4.69, 9.17) is 4.74 Å². The van der Waals surface area contributed by atoms with Gasteiger partial charge in [-0.15, -0.1) is 0 Å². The first kappa shape index (κ1) is 14.5. The van der Waals surface area contributed by atoms with Crippen LogP contribution in [0, 0.1) is 5.82 Å². The second-order valence-electron chi connectivity index (χ2n) is 5.44. The molecule has 0 radical (unpaired) electrons. The van der Waals surface area contributed by atoms with Crippen LogP contribution in [0.15, 0.2) is 24.3 Å². The summed E-state index contributed by atoms with van der Waals surface area (Å²) in [5, 5.41) is 3.58. The SMILES string of the molecule is CCC1(CC)CC(NCc2ccc(F)cc2)CCO1. The summed E-state index contributed by atoms with van der Waals surface area (Å²) >= 11 is 0. The molecule has 1 saturated heterocycles. The summed E-state index contributed by atoms with van der Waals surface area (Å²) in [4.78, 5) is 0. The zero-order chi connectivity index (χ0) is 13.7. The van der Waals surface area contributed by atoms with Crippen LogP contribution in [0.5, 0.6) is 0 Å². The summed E-state index contributed by atoms with van der Waals surface area (Å²) in [5.74, 6) is -0.175. The maximum Gasteiger partial charge on any atom is 0.123 e. The second-order valence-corrected chi connectivity index (χ2v) is 5.44. The topological polar surface area (TPSA) is 21.3 Å². The molecule has 1 aromatic carbocycles. The number of hydrogen-bond donors (Lipinski definition) is 1. The van der Waals surface area contributed by atoms with Gasteiger partial charge in [-0.25, -0.2) is 4.39 Å². The predicted octanol–water partition coefficient (Wildman–Crippen LogP) is 3.65. The minimum absolute atomic E-state index is 0.0543. The summed E-state index contributed by atoms with van der Waals surface area (Å²) < 4.78 is 18.8. The largest absolute Gasteiger partial charge is 0.375 e. The molecule has 2 rings (SSSR count). The van der Waals surface area contributed by atoms with Crippen molar-refractivity contribution in [2.75, 3.05) is 6.61 Å². The minimum atomic E-state index is -0.175. The average molecular weight is 265 g/mol. The summed E-state index contributed by atoms with van der Waals surface area (Å²) in [6.07, 6.45) is 4.26. The van der Waals surface area contributed by atoms with Crippen molar-refractivity contribution in [1.29, 1.82) is 0 Å². The highest BCUT2D eigenvalue weighted by molar-refractivity contribution is 5.15. The van der Waals surface area contributed by atoms with Crippen LogP contribution in [-0.4, -0.2) is 18.2 Å². The first-order chi connectivity index (χ1) is 9.17. The van der Waals surface area contributed by atoms with Crippen LogP contribution in [-0.2, 0) is 11.3 Å². The van der Waals surface area contributed by atoms with Gasteiger partial charge < -0.3 is 10.1 Å². The third-order valence-corrected chi connectivity index (χ3v) is 4.29. The van der Waals surface area contributed by atoms with Crippen molar-refractivity contribution in [3.05, 3.63) is 35.6 Å². The molecule has 0 saturated carbocycles. The molecule has 0 spiro atoms. The van der Waals surface area contributed by atoms with Crippen LogP contribution >= 0.6 is 0 Å². The summed E-state index contributed by atoms with van der Waals surface area (Å²) in [5.41, 5.74) is 1.19. The fraction of sp³-hybridized carbons (Fsp3) is 0.625. The van der Waals surface area contributed by atoms with Gasteiger partial charge in [0.05, 0.1) is 5.60 Å². The molecule has 0 amide bonds. The van der Waals surface area contributed by atoms with E-state index in [0.717, 1.165) is 44.4 Å². The lowest BCUT2D eigenvalue weighted by Gasteiger charge is -2.40. The van der Waals surface area contributed by atoms with Crippen molar-refractivity contribution in [2.24, 2.45) is 0 Å². The van der Waals surface area contributed by atoms with Gasteiger partial charge in [-0.1, -0.05) is 26.0 Å². The molecule has 3 heteroatoms. The molecule has 1 fully saturated rings. The number of hydrogen-bond acceptors (Lipinski definition) is 2. The lowest BCUT2D eigenvalue weighted by molar-refractivity contribution is -0.0932. The number of rotatable bonds is 5. The van der Waals surface area contributed by atoms with Crippen LogP contribution in [0.2, 0.25) is 0 Å². The Hall–Kier alpha value is -0.930. The first-order valence-electron chi connectivity index (χ1n) is 7.29. The molecular weight excluding hydrogens is 241 g/mol. The van der Waals surface area contributed by atoms with E-state index in [0.29, 0.717) is 6.04 Å². The van der Waals surface area contributed by atoms with E-state index in [1.54, 1.807) is 0 Å². The van der Waals surface area contributed by atoms with Crippen LogP contribution in [0.25, 0.3) is 0 Å². The Morgan fingerprint density at radius 1 is 1.26 bits per heavy atom. The number of ether oxygens (including phenoxy) is 1. The molecule has 106 valence electrons. The van der Waals surface area contributed by atoms with Crippen molar-refractivity contribution in [2.45, 2.75) is 57.7 Å². The van der Waals surface area contributed by atoms with Crippen molar-refractivity contribution < 1.29 is 9.13 Å². The molecule has 1 heterocycles. The van der Waals surface area contributed by atoms with Crippen molar-refractivity contribution in [1.82, 2.24) is 5.32 Å². The molecule has 1 aliphatic heterocycles. The molecule has 0 aliphatic carbocycles. The normalized spacial score (nSPS) is 22.4. The van der Waals surface area contributed by atoms with E-state index in [1.807, 2.05) is 12.1 Å². The zero-order valence-corrected chi connectivity index (χ0v) is 11.9. The Morgan fingerprint density at radius 2 is 1.95 bits per heavy atom. The third-order valence-electron chi connectivity index (χ3n) is 4.29. The molecule has 0 bridgehead atoms. The highest BCUT2D eigenvalue weighted by atomic mass is 19.1. The zero-order valence-electron chi connectivity index (χ0n) is 11.9. The third kappa shape index (κ3) is 3.77. The highest BCUT2D eigenvalue weighted by Crippen LogP contribution is 2.31. The Morgan fingerprint density at radius 3 is 2.58 bits per heavy atom. The van der Waals surface area contributed by atoms with Gasteiger partial charge in [0, 0.05) is 19.2 Å². The van der Waals surface area contributed by atoms with Gasteiger partial charge in [0.2, 0.25) is 0 Å². The van der Waals surface area contributed by atoms with Crippen LogP contribution in [0.1, 0.15) is 45.1 Å². The first-order valence-corrected chi connectivity index (χ1v) is 7.29. The lowest BCUT2D eigenvalue weighted by atomic mass is 9.86. The van der Waals surface area contributed by atoms with Crippen molar-refractivity contribution >= 4 is 0 Å². The Balaban J connectivity index is 1.87. The lowest BCUT2D eigenvalue weighted by Crippen LogP contribution is -2.46. The monoisotopic (exact) mass is 265 g/mol. The number of halogens is 1. The summed E-state index contributed by atoms with van der Waals surface area (Å²) in [6, 6.07) is 7.22. The minimum Gasteiger partial charge on any atom is -0.375 e. The Labute approximate surface area is 115 Å². The van der Waals surface area contributed by atoms with E-state index in [1.165, 1.54) is 12.1 Å². The van der Waals surface area contributed by atoms with Gasteiger partial charge in [-0.3, -0.25) is 0 Å². The second kappa shape index (κ2) is 6.49. The summed E-state index contributed by atoms with van der Waals surface area (Å²) in [7, 11) is 0. The molecule has 1 aliphatic rings. The van der Waals surface area contributed by atoms with E-state index in [9.17, 15) is 4.39 Å². The van der Waals surface area contributed by atoms with Gasteiger partial charge in [0.15, 0.2) is 0 Å². The van der Waals surface area contributed by atoms with Gasteiger partial charge in [-0.2, -0.15) is 0 Å². The standard InChI is InChI=1S/C16H24FNO/c1-3-16(4-2)11-15(9-10-19-16)18-12-13-5-7-14(17)8-6-13/h5-8,15,18H,3-4,9-12H2,1-2H3. The smallest absolute Gasteiger partial charge is 0.123 e. The maximum atomic E-state index is 12.8. The van der Waals surface area contributed by atoms with E-state index in [-0.39, 0.29) is 11.4 Å². The van der Waals surface area contributed by atoms with Gasteiger partial charge in [0.25, 0.3) is 0 Å². The predicted molar refractivity (Wildman–Crippen MR) is 75.5 cm³/mol. The van der Waals surface area contributed by atoms with E-state index < -0.39 is 0 Å². The number of nitrogens with one attached hydrogen (secondary N) is 1. The maximum absolute atomic E-state index is 12.8. The van der Waals surface area contributed by atoms with E-state index >= 15 is 0 Å². The van der Waals surface area contributed by atoms with Crippen LogP contribution in [0.3, 0.4) is 0 Å². The van der Waals surface area contributed by atoms with E-state index in [2.05, 4.69) is 19.2 Å². The van der Waals surface area contributed by atoms with Gasteiger partial charge in [0.1, 0.15) is 5.82 Å². The molecule has 1 N–H and O–H groups in total. The van der Waals surface area contributed by atoms with Gasteiger partial charge >= 0.3 is 0 Å². The molecule has 0 aromatic heterocycles. The average Bonchev–Trinajstić information content (AvgIpc) is 2.47. The summed E-state index contributed by atoms with van der Waals surface area (Å²) in [6.45, 7) is 6.04.